The molecule has 2 aromatic heterocycles. The molecule has 0 aliphatic rings. The highest BCUT2D eigenvalue weighted by atomic mass is 35.5. The van der Waals surface area contributed by atoms with Crippen LogP contribution in [0.2, 0.25) is 5.02 Å². The van der Waals surface area contributed by atoms with Crippen molar-refractivity contribution in [3.8, 4) is 0 Å². The summed E-state index contributed by atoms with van der Waals surface area (Å²) >= 11 is 5.88. The normalized spacial score (nSPS) is 11.1. The predicted molar refractivity (Wildman–Crippen MR) is 81.0 cm³/mol. The Balaban J connectivity index is 1.80. The van der Waals surface area contributed by atoms with Gasteiger partial charge >= 0.3 is 0 Å². The summed E-state index contributed by atoms with van der Waals surface area (Å²) in [6.45, 7) is 0. The van der Waals surface area contributed by atoms with Crippen LogP contribution < -0.4 is 0 Å². The second kappa shape index (κ2) is 5.81. The van der Waals surface area contributed by atoms with Gasteiger partial charge in [0, 0.05) is 16.8 Å². The lowest BCUT2D eigenvalue weighted by Gasteiger charge is -2.00. The fourth-order valence-corrected chi connectivity index (χ4v) is 2.04. The molecule has 4 nitrogen and oxygen atoms in total. The van der Waals surface area contributed by atoms with Crippen LogP contribution in [0.15, 0.2) is 59.3 Å². The molecule has 3 aromatic rings. The molecule has 104 valence electrons. The first kappa shape index (κ1) is 13.4. The fraction of sp³-hybridized carbons (Fsp3) is 0. The van der Waals surface area contributed by atoms with Gasteiger partial charge < -0.3 is 4.42 Å². The molecule has 0 atom stereocenters. The van der Waals surface area contributed by atoms with Crippen LogP contribution in [0.4, 0.5) is 0 Å². The predicted octanol–water partition coefficient (Wildman–Crippen LogP) is 3.99. The molecule has 0 radical (unpaired) electrons. The van der Waals surface area contributed by atoms with E-state index in [0.717, 1.165) is 5.76 Å². The number of hydrogen-bond donors (Lipinski definition) is 0. The molecular formula is C16H11ClN2O2. The Hall–Kier alpha value is -2.59. The summed E-state index contributed by atoms with van der Waals surface area (Å²) in [5.74, 6) is 0.501. The number of benzene rings is 1. The highest BCUT2D eigenvalue weighted by Gasteiger charge is 2.09. The van der Waals surface area contributed by atoms with Crippen molar-refractivity contribution in [3.63, 3.8) is 0 Å². The first-order valence-corrected chi connectivity index (χ1v) is 6.68. The monoisotopic (exact) mass is 298 g/mol. The van der Waals surface area contributed by atoms with Crippen molar-refractivity contribution in [1.29, 1.82) is 0 Å². The number of furan rings is 1. The highest BCUT2D eigenvalue weighted by molar-refractivity contribution is 6.30. The molecule has 0 fully saturated rings. The van der Waals surface area contributed by atoms with Crippen LogP contribution in [0.1, 0.15) is 21.8 Å². The van der Waals surface area contributed by atoms with Gasteiger partial charge in [-0.1, -0.05) is 17.7 Å². The first-order valence-electron chi connectivity index (χ1n) is 6.30. The lowest BCUT2D eigenvalue weighted by molar-refractivity contribution is 0.0945. The van der Waals surface area contributed by atoms with Crippen LogP contribution in [-0.2, 0) is 0 Å². The molecule has 5 heteroatoms. The average molecular weight is 299 g/mol. The molecule has 0 unspecified atom stereocenters. The Kier molecular flexibility index (Phi) is 3.71. The van der Waals surface area contributed by atoms with Crippen LogP contribution in [0.25, 0.3) is 12.2 Å². The third-order valence-corrected chi connectivity index (χ3v) is 3.09. The molecule has 2 heterocycles. The van der Waals surface area contributed by atoms with E-state index in [1.165, 1.54) is 4.68 Å². The van der Waals surface area contributed by atoms with Crippen LogP contribution >= 0.6 is 11.6 Å². The van der Waals surface area contributed by atoms with Crippen molar-refractivity contribution in [3.05, 3.63) is 77.0 Å². The number of aromatic nitrogens is 2. The number of hydrogen-bond acceptors (Lipinski definition) is 3. The zero-order chi connectivity index (χ0) is 14.7. The van der Waals surface area contributed by atoms with Crippen LogP contribution in [0, 0.1) is 0 Å². The van der Waals surface area contributed by atoms with Crippen LogP contribution in [-0.4, -0.2) is 15.7 Å². The number of halogens is 1. The molecule has 0 bridgehead atoms. The van der Waals surface area contributed by atoms with E-state index in [9.17, 15) is 4.79 Å². The molecule has 0 N–H and O–H groups in total. The van der Waals surface area contributed by atoms with Gasteiger partial charge in [0.15, 0.2) is 0 Å². The minimum Gasteiger partial charge on any atom is -0.465 e. The average Bonchev–Trinajstić information content (AvgIpc) is 3.16. The summed E-state index contributed by atoms with van der Waals surface area (Å²) in [5, 5.41) is 4.73. The number of carbonyl (C=O) groups is 1. The molecule has 1 aromatic carbocycles. The maximum absolute atomic E-state index is 12.2. The Morgan fingerprint density at radius 3 is 2.86 bits per heavy atom. The fourth-order valence-electron chi connectivity index (χ4n) is 1.85. The molecule has 21 heavy (non-hydrogen) atoms. The van der Waals surface area contributed by atoms with E-state index >= 15 is 0 Å². The van der Waals surface area contributed by atoms with Gasteiger partial charge in [0.05, 0.1) is 12.0 Å². The van der Waals surface area contributed by atoms with Gasteiger partial charge in [-0.25, -0.2) is 4.68 Å². The van der Waals surface area contributed by atoms with Crippen molar-refractivity contribution in [1.82, 2.24) is 9.78 Å². The number of carbonyl (C=O) groups excluding carboxylic acids is 1. The molecule has 3 rings (SSSR count). The molecule has 0 spiro atoms. The van der Waals surface area contributed by atoms with E-state index in [2.05, 4.69) is 5.10 Å². The van der Waals surface area contributed by atoms with E-state index in [0.29, 0.717) is 16.3 Å². The van der Waals surface area contributed by atoms with Crippen molar-refractivity contribution >= 4 is 29.7 Å². The molecular weight excluding hydrogens is 288 g/mol. The van der Waals surface area contributed by atoms with E-state index < -0.39 is 0 Å². The molecule has 0 saturated carbocycles. The second-order valence-electron chi connectivity index (χ2n) is 4.35. The van der Waals surface area contributed by atoms with Gasteiger partial charge in [0.1, 0.15) is 5.76 Å². The van der Waals surface area contributed by atoms with Gasteiger partial charge in [-0.15, -0.1) is 0 Å². The Morgan fingerprint density at radius 2 is 2.10 bits per heavy atom. The van der Waals surface area contributed by atoms with E-state index in [1.54, 1.807) is 61.0 Å². The summed E-state index contributed by atoms with van der Waals surface area (Å²) in [5.41, 5.74) is 1.16. The third-order valence-electron chi connectivity index (χ3n) is 2.85. The Bertz CT molecular complexity index is 788. The summed E-state index contributed by atoms with van der Waals surface area (Å²) in [4.78, 5) is 12.2. The quantitative estimate of drug-likeness (QED) is 0.734. The zero-order valence-corrected chi connectivity index (χ0v) is 11.7. The van der Waals surface area contributed by atoms with Crippen LogP contribution in [0.5, 0.6) is 0 Å². The van der Waals surface area contributed by atoms with Gasteiger partial charge in [0.2, 0.25) is 0 Å². The lowest BCUT2D eigenvalue weighted by Crippen LogP contribution is -2.12. The largest absolute Gasteiger partial charge is 0.465 e. The van der Waals surface area contributed by atoms with Crippen LogP contribution in [0.3, 0.4) is 0 Å². The first-order chi connectivity index (χ1) is 10.2. The van der Waals surface area contributed by atoms with Gasteiger partial charge in [0.25, 0.3) is 5.91 Å². The third kappa shape index (κ3) is 3.12. The number of rotatable bonds is 3. The standard InChI is InChI=1S/C16H11ClN2O2/c17-13-4-1-3-12(11-13)16(20)19-9-8-14(18-19)6-7-15-5-2-10-21-15/h1-11H. The van der Waals surface area contributed by atoms with E-state index in [4.69, 9.17) is 16.0 Å². The number of nitrogens with zero attached hydrogens (tertiary/aromatic N) is 2. The van der Waals surface area contributed by atoms with Crippen molar-refractivity contribution in [2.24, 2.45) is 0 Å². The summed E-state index contributed by atoms with van der Waals surface area (Å²) in [6, 6.07) is 12.2. The molecule has 0 saturated heterocycles. The lowest BCUT2D eigenvalue weighted by atomic mass is 10.2. The maximum atomic E-state index is 12.2. The molecule has 0 aliphatic carbocycles. The minimum atomic E-state index is -0.227. The summed E-state index contributed by atoms with van der Waals surface area (Å²) < 4.78 is 6.47. The van der Waals surface area contributed by atoms with Crippen molar-refractivity contribution in [2.75, 3.05) is 0 Å². The Morgan fingerprint density at radius 1 is 1.19 bits per heavy atom. The van der Waals surface area contributed by atoms with Gasteiger partial charge in [-0.3, -0.25) is 4.79 Å². The summed E-state index contributed by atoms with van der Waals surface area (Å²) in [6.07, 6.45) is 6.78. The summed E-state index contributed by atoms with van der Waals surface area (Å²) in [7, 11) is 0. The second-order valence-corrected chi connectivity index (χ2v) is 4.79. The highest BCUT2D eigenvalue weighted by Crippen LogP contribution is 2.12. The molecule has 0 amide bonds. The SMILES string of the molecule is O=C(c1cccc(Cl)c1)n1ccc(C=Cc2ccco2)n1. The van der Waals surface area contributed by atoms with Gasteiger partial charge in [-0.05, 0) is 48.6 Å². The van der Waals surface area contributed by atoms with Crippen molar-refractivity contribution in [2.45, 2.75) is 0 Å². The molecule has 0 aliphatic heterocycles. The van der Waals surface area contributed by atoms with E-state index in [1.807, 2.05) is 6.07 Å². The Labute approximate surface area is 126 Å². The smallest absolute Gasteiger partial charge is 0.278 e. The van der Waals surface area contributed by atoms with Gasteiger partial charge in [-0.2, -0.15) is 5.10 Å². The van der Waals surface area contributed by atoms with Crippen molar-refractivity contribution < 1.29 is 9.21 Å². The minimum absolute atomic E-state index is 0.227. The topological polar surface area (TPSA) is 48.0 Å². The maximum Gasteiger partial charge on any atom is 0.278 e. The zero-order valence-electron chi connectivity index (χ0n) is 10.9. The van der Waals surface area contributed by atoms with E-state index in [-0.39, 0.29) is 5.91 Å².